The fourth-order valence-corrected chi connectivity index (χ4v) is 8.59. The number of pyridine rings is 1. The Bertz CT molecular complexity index is 2290. The normalized spacial score (nSPS) is 21.6. The standard InChI is InChI=1S/C43H52N6O10S/c1-8-27-24-43(27,40(53)47-60(55,56)30-16-17-30)46-38(51)35-22-29(25-49(35)39(52)32(19-20-48(6)37(50)9-2)45-41(54)59-42(3,4)5)58-36-23-33(26-13-11-10-12-14-26)44-34-21-28(57-7)15-18-31(34)36/h8-15,18,21,23,27,29-30,32,35H,1-2,16-17,19-20,22,24-25H2,3-7H3,(H,45,54)(H,46,51)(H,47,53)/t27-,29-,32+,35+,43-/m1/s1. The first-order valence-corrected chi connectivity index (χ1v) is 21.3. The van der Waals surface area contributed by atoms with Gasteiger partial charge >= 0.3 is 6.09 Å². The van der Waals surface area contributed by atoms with Crippen LogP contribution in [0.2, 0.25) is 0 Å². The molecule has 3 N–H and O–H groups in total. The average Bonchev–Trinajstić information content (AvgIpc) is 4.14. The van der Waals surface area contributed by atoms with E-state index in [2.05, 4.69) is 28.5 Å². The van der Waals surface area contributed by atoms with Crippen LogP contribution in [-0.4, -0.2) is 115 Å². The minimum absolute atomic E-state index is 0.0240. The number of likely N-dealkylation sites (N-methyl/N-ethyl adjacent to an activating group) is 1. The maximum absolute atomic E-state index is 14.7. The highest BCUT2D eigenvalue weighted by Crippen LogP contribution is 2.45. The number of amides is 5. The van der Waals surface area contributed by atoms with E-state index < -0.39 is 80.2 Å². The summed E-state index contributed by atoms with van der Waals surface area (Å²) in [6, 6.07) is 14.0. The molecule has 2 aromatic carbocycles. The van der Waals surface area contributed by atoms with Gasteiger partial charge in [-0.05, 0) is 64.7 Å². The van der Waals surface area contributed by atoms with Crippen LogP contribution in [-0.2, 0) is 33.9 Å². The monoisotopic (exact) mass is 844 g/mol. The van der Waals surface area contributed by atoms with Crippen LogP contribution in [0.5, 0.6) is 11.5 Å². The number of rotatable bonds is 16. The number of fused-ring (bicyclic) bond motifs is 1. The van der Waals surface area contributed by atoms with E-state index in [1.165, 1.54) is 22.9 Å². The van der Waals surface area contributed by atoms with Crippen molar-refractivity contribution in [2.24, 2.45) is 5.92 Å². The number of hydrogen-bond donors (Lipinski definition) is 3. The molecule has 5 atom stereocenters. The molecular formula is C43H52N6O10S. The van der Waals surface area contributed by atoms with Gasteiger partial charge in [0.1, 0.15) is 40.8 Å². The number of likely N-dealkylation sites (tertiary alicyclic amines) is 1. The molecule has 1 aliphatic heterocycles. The molecule has 3 fully saturated rings. The Kier molecular flexibility index (Phi) is 12.6. The number of ether oxygens (including phenoxy) is 3. The zero-order valence-corrected chi connectivity index (χ0v) is 35.3. The Balaban J connectivity index is 1.35. The number of hydrogen-bond acceptors (Lipinski definition) is 11. The Morgan fingerprint density at radius 3 is 2.40 bits per heavy atom. The predicted octanol–water partition coefficient (Wildman–Crippen LogP) is 3.86. The predicted molar refractivity (Wildman–Crippen MR) is 223 cm³/mol. The van der Waals surface area contributed by atoms with Crippen LogP contribution in [0.25, 0.3) is 22.2 Å². The summed E-state index contributed by atoms with van der Waals surface area (Å²) in [5.41, 5.74) is -0.543. The molecule has 17 heteroatoms. The summed E-state index contributed by atoms with van der Waals surface area (Å²) < 4.78 is 45.4. The van der Waals surface area contributed by atoms with Crippen molar-refractivity contribution in [3.63, 3.8) is 0 Å². The van der Waals surface area contributed by atoms with Crippen molar-refractivity contribution < 1.29 is 46.6 Å². The van der Waals surface area contributed by atoms with E-state index in [-0.39, 0.29) is 32.4 Å². The van der Waals surface area contributed by atoms with E-state index >= 15 is 0 Å². The number of nitrogens with one attached hydrogen (secondary N) is 3. The number of nitrogens with zero attached hydrogens (tertiary/aromatic N) is 3. The average molecular weight is 845 g/mol. The van der Waals surface area contributed by atoms with E-state index in [9.17, 15) is 32.4 Å². The molecule has 5 amide bonds. The molecule has 0 spiro atoms. The summed E-state index contributed by atoms with van der Waals surface area (Å²) in [7, 11) is -0.886. The van der Waals surface area contributed by atoms with E-state index in [1.807, 2.05) is 30.3 Å². The van der Waals surface area contributed by atoms with Crippen molar-refractivity contribution in [2.45, 2.75) is 87.5 Å². The Morgan fingerprint density at radius 2 is 1.78 bits per heavy atom. The zero-order chi connectivity index (χ0) is 43.6. The van der Waals surface area contributed by atoms with Gasteiger partial charge < -0.3 is 34.6 Å². The van der Waals surface area contributed by atoms with Gasteiger partial charge in [-0.1, -0.05) is 43.0 Å². The van der Waals surface area contributed by atoms with Gasteiger partial charge in [0.25, 0.3) is 5.91 Å². The van der Waals surface area contributed by atoms with Gasteiger partial charge in [0, 0.05) is 49.0 Å². The van der Waals surface area contributed by atoms with Crippen molar-refractivity contribution in [3.05, 3.63) is 79.9 Å². The second-order valence-electron chi connectivity index (χ2n) is 16.4. The second-order valence-corrected chi connectivity index (χ2v) is 18.3. The Hall–Kier alpha value is -5.97. The summed E-state index contributed by atoms with van der Waals surface area (Å²) in [4.78, 5) is 75.9. The fourth-order valence-electron chi connectivity index (χ4n) is 7.23. The molecule has 6 rings (SSSR count). The van der Waals surface area contributed by atoms with Crippen LogP contribution in [0.1, 0.15) is 52.9 Å². The quantitative estimate of drug-likeness (QED) is 0.140. The smallest absolute Gasteiger partial charge is 0.408 e. The topological polar surface area (TPSA) is 203 Å². The number of carbonyl (C=O) groups is 5. The van der Waals surface area contributed by atoms with Gasteiger partial charge in [0.05, 0.1) is 30.1 Å². The zero-order valence-electron chi connectivity index (χ0n) is 34.4. The molecule has 3 aromatic rings. The highest BCUT2D eigenvalue weighted by Gasteiger charge is 2.62. The SMILES string of the molecule is C=CC(=O)N(C)CC[C@H](NC(=O)OC(C)(C)C)C(=O)N1C[C@H](Oc2cc(-c3ccccc3)nc3cc(OC)ccc23)C[C@H]1C(=O)N[C@]1(C(=O)NS(=O)(=O)C2CC2)C[C@H]1C=C. The van der Waals surface area contributed by atoms with Crippen LogP contribution >= 0.6 is 0 Å². The van der Waals surface area contributed by atoms with Crippen LogP contribution in [0.4, 0.5) is 4.79 Å². The lowest BCUT2D eigenvalue weighted by Crippen LogP contribution is -2.58. The lowest BCUT2D eigenvalue weighted by molar-refractivity contribution is -0.141. The summed E-state index contributed by atoms with van der Waals surface area (Å²) in [5.74, 6) is -2.29. The van der Waals surface area contributed by atoms with E-state index in [0.29, 0.717) is 40.9 Å². The van der Waals surface area contributed by atoms with Crippen LogP contribution in [0, 0.1) is 5.92 Å². The molecular weight excluding hydrogens is 793 g/mol. The highest BCUT2D eigenvalue weighted by atomic mass is 32.2. The largest absolute Gasteiger partial charge is 0.497 e. The molecule has 1 saturated heterocycles. The number of alkyl carbamates (subject to hydrolysis) is 1. The van der Waals surface area contributed by atoms with Gasteiger partial charge in [0.15, 0.2) is 0 Å². The highest BCUT2D eigenvalue weighted by molar-refractivity contribution is 7.91. The molecule has 2 heterocycles. The van der Waals surface area contributed by atoms with Gasteiger partial charge in [-0.2, -0.15) is 0 Å². The van der Waals surface area contributed by atoms with Crippen LogP contribution < -0.4 is 24.8 Å². The van der Waals surface area contributed by atoms with Crippen molar-refractivity contribution >= 4 is 50.6 Å². The van der Waals surface area contributed by atoms with Crippen molar-refractivity contribution in [1.82, 2.24) is 30.1 Å². The minimum atomic E-state index is -3.96. The van der Waals surface area contributed by atoms with E-state index in [1.54, 1.807) is 52.1 Å². The van der Waals surface area contributed by atoms with Gasteiger partial charge in [-0.3, -0.25) is 23.9 Å². The lowest BCUT2D eigenvalue weighted by atomic mass is 10.1. The van der Waals surface area contributed by atoms with Gasteiger partial charge in [0.2, 0.25) is 27.7 Å². The number of methoxy groups -OCH3 is 1. The van der Waals surface area contributed by atoms with Crippen molar-refractivity contribution in [3.8, 4) is 22.8 Å². The molecule has 2 saturated carbocycles. The number of benzene rings is 2. The molecule has 3 aliphatic rings. The first-order chi connectivity index (χ1) is 28.4. The maximum atomic E-state index is 14.7. The van der Waals surface area contributed by atoms with E-state index in [4.69, 9.17) is 19.2 Å². The van der Waals surface area contributed by atoms with Gasteiger partial charge in [-0.15, -0.1) is 6.58 Å². The molecule has 60 heavy (non-hydrogen) atoms. The Morgan fingerprint density at radius 1 is 1.07 bits per heavy atom. The van der Waals surface area contributed by atoms with Crippen molar-refractivity contribution in [2.75, 3.05) is 27.2 Å². The first-order valence-electron chi connectivity index (χ1n) is 19.8. The van der Waals surface area contributed by atoms with Crippen molar-refractivity contribution in [1.29, 1.82) is 0 Å². The lowest BCUT2D eigenvalue weighted by Gasteiger charge is -2.31. The summed E-state index contributed by atoms with van der Waals surface area (Å²) in [6.45, 7) is 12.2. The van der Waals surface area contributed by atoms with Crippen LogP contribution in [0.15, 0.2) is 79.9 Å². The number of sulfonamides is 1. The third kappa shape index (κ3) is 9.89. The van der Waals surface area contributed by atoms with Gasteiger partial charge in [-0.25, -0.2) is 18.2 Å². The molecule has 0 bridgehead atoms. The molecule has 320 valence electrons. The summed E-state index contributed by atoms with van der Waals surface area (Å²) >= 11 is 0. The minimum Gasteiger partial charge on any atom is -0.497 e. The third-order valence-corrected chi connectivity index (χ3v) is 12.6. The number of carbonyl (C=O) groups excluding carboxylic acids is 5. The second kappa shape index (κ2) is 17.3. The maximum Gasteiger partial charge on any atom is 0.408 e. The molecule has 1 aromatic heterocycles. The summed E-state index contributed by atoms with van der Waals surface area (Å²) in [6.07, 6.45) is 1.74. The summed E-state index contributed by atoms with van der Waals surface area (Å²) in [5, 5.41) is 5.37. The number of aromatic nitrogens is 1. The third-order valence-electron chi connectivity index (χ3n) is 10.7. The molecule has 16 nitrogen and oxygen atoms in total. The first kappa shape index (κ1) is 43.6. The van der Waals surface area contributed by atoms with Crippen LogP contribution in [0.3, 0.4) is 0 Å². The molecule has 0 unspecified atom stereocenters. The van der Waals surface area contributed by atoms with E-state index in [0.717, 1.165) is 11.6 Å². The Labute approximate surface area is 349 Å². The molecule has 2 aliphatic carbocycles. The molecule has 0 radical (unpaired) electrons. The fraction of sp³-hybridized carbons (Fsp3) is 0.442.